The topological polar surface area (TPSA) is 100 Å². The number of rotatable bonds is 7. The number of nitrogens with zero attached hydrogens (tertiary/aromatic N) is 2. The van der Waals surface area contributed by atoms with Gasteiger partial charge in [0.25, 0.3) is 5.69 Å². The van der Waals surface area contributed by atoms with Crippen LogP contribution in [0, 0.1) is 13.7 Å². The Kier molecular flexibility index (Phi) is 7.58. The number of halogens is 3. The van der Waals surface area contributed by atoms with Gasteiger partial charge in [0, 0.05) is 16.7 Å². The molecule has 3 aromatic rings. The fourth-order valence-corrected chi connectivity index (χ4v) is 4.40. The summed E-state index contributed by atoms with van der Waals surface area (Å²) in [6, 6.07) is 14.9. The minimum absolute atomic E-state index is 0.0289. The number of esters is 1. The monoisotopic (exact) mass is 624 g/mol. The van der Waals surface area contributed by atoms with Crippen LogP contribution in [0.1, 0.15) is 16.7 Å². The lowest BCUT2D eigenvalue weighted by Crippen LogP contribution is -2.06. The predicted octanol–water partition coefficient (Wildman–Crippen LogP) is 6.44. The molecule has 1 aliphatic heterocycles. The van der Waals surface area contributed by atoms with E-state index in [2.05, 4.69) is 27.6 Å². The maximum absolute atomic E-state index is 12.4. The number of methoxy groups -OCH3 is 1. The summed E-state index contributed by atoms with van der Waals surface area (Å²) in [5.41, 5.74) is 1.51. The number of hydrogen-bond acceptors (Lipinski definition) is 7. The number of nitro groups is 1. The van der Waals surface area contributed by atoms with Crippen LogP contribution in [0.25, 0.3) is 6.08 Å². The molecule has 0 saturated heterocycles. The van der Waals surface area contributed by atoms with E-state index in [1.54, 1.807) is 18.2 Å². The minimum Gasteiger partial charge on any atom is -0.493 e. The number of carbonyl (C=O) groups excluding carboxylic acids is 1. The molecule has 35 heavy (non-hydrogen) atoms. The zero-order valence-corrected chi connectivity index (χ0v) is 21.6. The molecular weight excluding hydrogens is 610 g/mol. The van der Waals surface area contributed by atoms with Crippen molar-refractivity contribution in [2.75, 3.05) is 7.11 Å². The summed E-state index contributed by atoms with van der Waals surface area (Å²) in [6.07, 6.45) is 1.53. The molecule has 0 N–H and O–H groups in total. The zero-order chi connectivity index (χ0) is 25.1. The van der Waals surface area contributed by atoms with Crippen LogP contribution in [-0.4, -0.2) is 23.9 Å². The quantitative estimate of drug-likeness (QED) is 0.0986. The van der Waals surface area contributed by atoms with Crippen molar-refractivity contribution in [1.29, 1.82) is 0 Å². The first kappa shape index (κ1) is 25.0. The first-order valence-corrected chi connectivity index (χ1v) is 11.8. The van der Waals surface area contributed by atoms with E-state index in [1.165, 1.54) is 31.4 Å². The van der Waals surface area contributed by atoms with E-state index >= 15 is 0 Å². The Morgan fingerprint density at radius 1 is 1.17 bits per heavy atom. The van der Waals surface area contributed by atoms with Gasteiger partial charge in [0.05, 0.1) is 15.6 Å². The van der Waals surface area contributed by atoms with Crippen molar-refractivity contribution in [2.45, 2.75) is 6.61 Å². The summed E-state index contributed by atoms with van der Waals surface area (Å²) < 4.78 is 17.4. The molecule has 0 unspecified atom stereocenters. The highest BCUT2D eigenvalue weighted by atomic mass is 127. The molecule has 0 radical (unpaired) electrons. The zero-order valence-electron chi connectivity index (χ0n) is 18.0. The largest absolute Gasteiger partial charge is 0.493 e. The van der Waals surface area contributed by atoms with Gasteiger partial charge in [0.1, 0.15) is 11.6 Å². The molecule has 3 aromatic carbocycles. The molecule has 0 aromatic heterocycles. The van der Waals surface area contributed by atoms with Crippen LogP contribution < -0.4 is 9.47 Å². The lowest BCUT2D eigenvalue weighted by molar-refractivity contribution is -0.384. The maximum atomic E-state index is 12.4. The van der Waals surface area contributed by atoms with Gasteiger partial charge in [-0.05, 0) is 76.2 Å². The molecule has 1 aliphatic rings. The third-order valence-corrected chi connectivity index (χ3v) is 6.19. The molecule has 11 heteroatoms. The van der Waals surface area contributed by atoms with Crippen molar-refractivity contribution in [3.8, 4) is 11.5 Å². The van der Waals surface area contributed by atoms with E-state index in [4.69, 9.17) is 37.4 Å². The summed E-state index contributed by atoms with van der Waals surface area (Å²) in [6.45, 7) is 0.292. The molecule has 8 nitrogen and oxygen atoms in total. The molecule has 0 amide bonds. The normalized spacial score (nSPS) is 14.0. The van der Waals surface area contributed by atoms with E-state index in [-0.39, 0.29) is 27.9 Å². The van der Waals surface area contributed by atoms with Crippen LogP contribution >= 0.6 is 45.8 Å². The van der Waals surface area contributed by atoms with Gasteiger partial charge in [-0.1, -0.05) is 35.3 Å². The van der Waals surface area contributed by atoms with Crippen LogP contribution in [0.3, 0.4) is 0 Å². The highest BCUT2D eigenvalue weighted by molar-refractivity contribution is 14.1. The summed E-state index contributed by atoms with van der Waals surface area (Å²) in [4.78, 5) is 27.2. The number of benzene rings is 3. The first-order chi connectivity index (χ1) is 16.7. The third-order valence-electron chi connectivity index (χ3n) is 4.84. The second-order valence-electron chi connectivity index (χ2n) is 7.21. The van der Waals surface area contributed by atoms with Gasteiger partial charge in [-0.3, -0.25) is 10.1 Å². The highest BCUT2D eigenvalue weighted by Gasteiger charge is 2.26. The van der Waals surface area contributed by atoms with Gasteiger partial charge in [-0.2, -0.15) is 0 Å². The Morgan fingerprint density at radius 2 is 1.97 bits per heavy atom. The van der Waals surface area contributed by atoms with Crippen molar-refractivity contribution < 1.29 is 23.9 Å². The van der Waals surface area contributed by atoms with Gasteiger partial charge in [0.2, 0.25) is 5.90 Å². The average molecular weight is 625 g/mol. The average Bonchev–Trinajstić information content (AvgIpc) is 3.18. The van der Waals surface area contributed by atoms with Crippen molar-refractivity contribution in [1.82, 2.24) is 0 Å². The van der Waals surface area contributed by atoms with E-state index in [1.807, 2.05) is 18.2 Å². The Bertz CT molecular complexity index is 1410. The molecule has 0 fully saturated rings. The number of cyclic esters (lactones) is 1. The second-order valence-corrected chi connectivity index (χ2v) is 9.22. The lowest BCUT2D eigenvalue weighted by atomic mass is 10.1. The van der Waals surface area contributed by atoms with Crippen molar-refractivity contribution in [3.63, 3.8) is 0 Å². The summed E-state index contributed by atoms with van der Waals surface area (Å²) in [7, 11) is 1.52. The molecule has 1 heterocycles. The Balaban J connectivity index is 1.61. The molecule has 0 saturated carbocycles. The predicted molar refractivity (Wildman–Crippen MR) is 140 cm³/mol. The van der Waals surface area contributed by atoms with Gasteiger partial charge < -0.3 is 14.2 Å². The van der Waals surface area contributed by atoms with Crippen LogP contribution in [-0.2, 0) is 16.1 Å². The summed E-state index contributed by atoms with van der Waals surface area (Å²) in [5, 5.41) is 11.7. The molecular formula is C24H15Cl2IN2O6. The second kappa shape index (κ2) is 10.6. The van der Waals surface area contributed by atoms with Crippen LogP contribution in [0.4, 0.5) is 5.69 Å². The maximum Gasteiger partial charge on any atom is 0.363 e. The van der Waals surface area contributed by atoms with Crippen LogP contribution in [0.15, 0.2) is 65.3 Å². The SMILES string of the molecule is COc1cc(/C=C2\N=C(c3ccc(Cl)c([N+](=O)[O-])c3)OC2=O)cc(I)c1OCc1cccc(Cl)c1. The van der Waals surface area contributed by atoms with E-state index in [9.17, 15) is 14.9 Å². The number of aliphatic imine (C=N–C) groups is 1. The van der Waals surface area contributed by atoms with Gasteiger partial charge in [0.15, 0.2) is 17.2 Å². The van der Waals surface area contributed by atoms with Crippen molar-refractivity contribution in [2.24, 2.45) is 4.99 Å². The first-order valence-electron chi connectivity index (χ1n) is 9.97. The Hall–Kier alpha value is -3.15. The lowest BCUT2D eigenvalue weighted by Gasteiger charge is -2.14. The van der Waals surface area contributed by atoms with E-state index < -0.39 is 10.9 Å². The van der Waals surface area contributed by atoms with Gasteiger partial charge >= 0.3 is 5.97 Å². The van der Waals surface area contributed by atoms with Gasteiger partial charge in [-0.15, -0.1) is 0 Å². The van der Waals surface area contributed by atoms with Crippen LogP contribution in [0.5, 0.6) is 11.5 Å². The Labute approximate surface area is 223 Å². The fourth-order valence-electron chi connectivity index (χ4n) is 3.22. The smallest absolute Gasteiger partial charge is 0.363 e. The fraction of sp³-hybridized carbons (Fsp3) is 0.0833. The van der Waals surface area contributed by atoms with Crippen molar-refractivity contribution in [3.05, 3.63) is 101 Å². The number of carbonyl (C=O) groups is 1. The number of hydrogen-bond donors (Lipinski definition) is 0. The Morgan fingerprint density at radius 3 is 2.69 bits per heavy atom. The molecule has 178 valence electrons. The van der Waals surface area contributed by atoms with Crippen molar-refractivity contribution >= 4 is 69.4 Å². The molecule has 0 spiro atoms. The summed E-state index contributed by atoms with van der Waals surface area (Å²) in [5.74, 6) is 0.272. The van der Waals surface area contributed by atoms with E-state index in [0.717, 1.165) is 9.13 Å². The minimum atomic E-state index is -0.687. The molecule has 0 aliphatic carbocycles. The highest BCUT2D eigenvalue weighted by Crippen LogP contribution is 2.36. The van der Waals surface area contributed by atoms with Gasteiger partial charge in [-0.25, -0.2) is 9.79 Å². The van der Waals surface area contributed by atoms with E-state index in [0.29, 0.717) is 28.7 Å². The molecule has 4 rings (SSSR count). The standard InChI is InChI=1S/C24H15Cl2IN2O6/c1-33-21-10-14(8-18(27)22(21)34-12-13-3-2-4-16(25)7-13)9-19-24(30)35-23(28-19)15-5-6-17(26)20(11-15)29(31)32/h2-11H,12H2,1H3/b19-9-. The number of ether oxygens (including phenoxy) is 3. The summed E-state index contributed by atoms with van der Waals surface area (Å²) >= 11 is 14.0. The molecule has 0 bridgehead atoms. The number of nitro benzene ring substituents is 1. The third kappa shape index (κ3) is 5.75. The van der Waals surface area contributed by atoms with Crippen LogP contribution in [0.2, 0.25) is 10.0 Å². The molecule has 0 atom stereocenters.